The van der Waals surface area contributed by atoms with Crippen LogP contribution in [-0.2, 0) is 4.79 Å². The number of carbonyl (C=O) groups excluding carboxylic acids is 1. The molecule has 1 N–H and O–H groups in total. The lowest BCUT2D eigenvalue weighted by atomic mass is 10.1. The Morgan fingerprint density at radius 1 is 1.25 bits per heavy atom. The summed E-state index contributed by atoms with van der Waals surface area (Å²) >= 11 is 0. The average molecular weight is 333 g/mol. The van der Waals surface area contributed by atoms with E-state index < -0.39 is 6.10 Å². The second kappa shape index (κ2) is 9.04. The van der Waals surface area contributed by atoms with Crippen molar-refractivity contribution in [1.29, 1.82) is 0 Å². The molecule has 0 unspecified atom stereocenters. The maximum absolute atomic E-state index is 12.2. The van der Waals surface area contributed by atoms with Crippen molar-refractivity contribution in [2.24, 2.45) is 0 Å². The molecule has 5 heteroatoms. The van der Waals surface area contributed by atoms with E-state index in [9.17, 15) is 4.79 Å². The molecule has 1 fully saturated rings. The lowest BCUT2D eigenvalue weighted by molar-refractivity contribution is -0.127. The molecule has 24 heavy (non-hydrogen) atoms. The van der Waals surface area contributed by atoms with Gasteiger partial charge in [0.1, 0.15) is 5.75 Å². The fourth-order valence-electron chi connectivity index (χ4n) is 2.81. The van der Waals surface area contributed by atoms with Crippen LogP contribution in [0.5, 0.6) is 5.75 Å². The number of amides is 1. The summed E-state index contributed by atoms with van der Waals surface area (Å²) in [6.45, 7) is 12.1. The van der Waals surface area contributed by atoms with E-state index in [0.717, 1.165) is 56.0 Å². The Hall–Kier alpha value is -1.59. The molecule has 0 spiro atoms. The van der Waals surface area contributed by atoms with Crippen LogP contribution in [0.2, 0.25) is 0 Å². The number of carbonyl (C=O) groups is 1. The topological polar surface area (TPSA) is 44.8 Å². The van der Waals surface area contributed by atoms with Crippen LogP contribution in [0.1, 0.15) is 24.5 Å². The third kappa shape index (κ3) is 5.80. The van der Waals surface area contributed by atoms with Crippen LogP contribution in [0, 0.1) is 13.8 Å². The van der Waals surface area contributed by atoms with Gasteiger partial charge in [0.2, 0.25) is 0 Å². The van der Waals surface area contributed by atoms with E-state index in [1.807, 2.05) is 32.0 Å². The Balaban J connectivity index is 1.67. The number of hydrogen-bond acceptors (Lipinski definition) is 4. The van der Waals surface area contributed by atoms with Crippen LogP contribution < -0.4 is 10.1 Å². The van der Waals surface area contributed by atoms with E-state index in [1.165, 1.54) is 0 Å². The minimum absolute atomic E-state index is 0.0470. The number of nitrogens with zero attached hydrogens (tertiary/aromatic N) is 2. The predicted octanol–water partition coefficient (Wildman–Crippen LogP) is 1.82. The van der Waals surface area contributed by atoms with Crippen LogP contribution in [-0.4, -0.2) is 68.1 Å². The zero-order chi connectivity index (χ0) is 17.5. The second-order valence-corrected chi connectivity index (χ2v) is 6.82. The van der Waals surface area contributed by atoms with Gasteiger partial charge in [-0.05, 0) is 58.0 Å². The fourth-order valence-corrected chi connectivity index (χ4v) is 2.81. The van der Waals surface area contributed by atoms with Crippen LogP contribution in [0.4, 0.5) is 0 Å². The predicted molar refractivity (Wildman–Crippen MR) is 97.6 cm³/mol. The standard InChI is InChI=1S/C19H31N3O2/c1-15-6-7-16(2)18(14-15)24-17(3)19(23)20-8-5-9-22-12-10-21(4)11-13-22/h6-7,14,17H,5,8-13H2,1-4H3,(H,20,23)/t17-/m0/s1. The Morgan fingerprint density at radius 3 is 2.67 bits per heavy atom. The summed E-state index contributed by atoms with van der Waals surface area (Å²) in [5, 5.41) is 2.98. The molecule has 1 aliphatic rings. The number of nitrogens with one attached hydrogen (secondary N) is 1. The molecule has 0 aromatic heterocycles. The highest BCUT2D eigenvalue weighted by Gasteiger charge is 2.16. The molecule has 1 aliphatic heterocycles. The number of ether oxygens (including phenoxy) is 1. The maximum atomic E-state index is 12.2. The Bertz CT molecular complexity index is 539. The van der Waals surface area contributed by atoms with Gasteiger partial charge in [0, 0.05) is 32.7 Å². The molecule has 0 aliphatic carbocycles. The third-order valence-electron chi connectivity index (χ3n) is 4.56. The van der Waals surface area contributed by atoms with Crippen LogP contribution in [0.15, 0.2) is 18.2 Å². The molecule has 1 heterocycles. The second-order valence-electron chi connectivity index (χ2n) is 6.82. The van der Waals surface area contributed by atoms with Gasteiger partial charge < -0.3 is 19.9 Å². The van der Waals surface area contributed by atoms with Gasteiger partial charge in [-0.2, -0.15) is 0 Å². The summed E-state index contributed by atoms with van der Waals surface area (Å²) in [6, 6.07) is 6.04. The van der Waals surface area contributed by atoms with E-state index in [1.54, 1.807) is 6.92 Å². The molecule has 1 atom stereocenters. The highest BCUT2D eigenvalue weighted by Crippen LogP contribution is 2.20. The number of rotatable bonds is 7. The highest BCUT2D eigenvalue weighted by atomic mass is 16.5. The number of benzene rings is 1. The molecule has 1 aromatic carbocycles. The first-order valence-corrected chi connectivity index (χ1v) is 8.88. The smallest absolute Gasteiger partial charge is 0.260 e. The van der Waals surface area contributed by atoms with Gasteiger partial charge in [0.25, 0.3) is 5.91 Å². The van der Waals surface area contributed by atoms with E-state index >= 15 is 0 Å². The molecule has 0 radical (unpaired) electrons. The van der Waals surface area contributed by atoms with Crippen molar-refractivity contribution in [3.05, 3.63) is 29.3 Å². The van der Waals surface area contributed by atoms with Gasteiger partial charge in [-0.3, -0.25) is 4.79 Å². The number of aryl methyl sites for hydroxylation is 2. The molecular weight excluding hydrogens is 302 g/mol. The summed E-state index contributed by atoms with van der Waals surface area (Å²) < 4.78 is 5.82. The molecule has 1 saturated heterocycles. The first-order chi connectivity index (χ1) is 11.5. The van der Waals surface area contributed by atoms with Crippen molar-refractivity contribution in [3.8, 4) is 5.75 Å². The van der Waals surface area contributed by atoms with Crippen LogP contribution >= 0.6 is 0 Å². The van der Waals surface area contributed by atoms with Gasteiger partial charge in [-0.15, -0.1) is 0 Å². The van der Waals surface area contributed by atoms with Gasteiger partial charge in [0.05, 0.1) is 0 Å². The normalized spacial score (nSPS) is 17.5. The largest absolute Gasteiger partial charge is 0.481 e. The van der Waals surface area contributed by atoms with Crippen LogP contribution in [0.25, 0.3) is 0 Å². The van der Waals surface area contributed by atoms with Crippen molar-refractivity contribution in [3.63, 3.8) is 0 Å². The van der Waals surface area contributed by atoms with E-state index in [2.05, 4.69) is 22.2 Å². The molecule has 0 bridgehead atoms. The first-order valence-electron chi connectivity index (χ1n) is 8.88. The Kier molecular flexibility index (Phi) is 7.06. The lowest BCUT2D eigenvalue weighted by Gasteiger charge is -2.32. The molecule has 0 saturated carbocycles. The van der Waals surface area contributed by atoms with Gasteiger partial charge >= 0.3 is 0 Å². The van der Waals surface area contributed by atoms with Crippen molar-refractivity contribution in [2.45, 2.75) is 33.3 Å². The lowest BCUT2D eigenvalue weighted by Crippen LogP contribution is -2.45. The monoisotopic (exact) mass is 333 g/mol. The SMILES string of the molecule is Cc1ccc(C)c(O[C@@H](C)C(=O)NCCCN2CCN(C)CC2)c1. The summed E-state index contributed by atoms with van der Waals surface area (Å²) in [6.07, 6.45) is 0.500. The van der Waals surface area contributed by atoms with Gasteiger partial charge in [0.15, 0.2) is 6.10 Å². The van der Waals surface area contributed by atoms with Crippen molar-refractivity contribution in [1.82, 2.24) is 15.1 Å². The number of likely N-dealkylation sites (N-methyl/N-ethyl adjacent to an activating group) is 1. The van der Waals surface area contributed by atoms with Gasteiger partial charge in [-0.25, -0.2) is 0 Å². The van der Waals surface area contributed by atoms with Crippen molar-refractivity contribution >= 4 is 5.91 Å². The molecule has 134 valence electrons. The Morgan fingerprint density at radius 2 is 1.96 bits per heavy atom. The minimum atomic E-state index is -0.478. The van der Waals surface area contributed by atoms with Crippen LogP contribution in [0.3, 0.4) is 0 Å². The molecule has 2 rings (SSSR count). The van der Waals surface area contributed by atoms with E-state index in [0.29, 0.717) is 6.54 Å². The Labute approximate surface area is 146 Å². The molecule has 1 amide bonds. The van der Waals surface area contributed by atoms with Gasteiger partial charge in [-0.1, -0.05) is 12.1 Å². The molecule has 5 nitrogen and oxygen atoms in total. The first kappa shape index (κ1) is 18.7. The third-order valence-corrected chi connectivity index (χ3v) is 4.56. The van der Waals surface area contributed by atoms with E-state index in [-0.39, 0.29) is 5.91 Å². The fraction of sp³-hybridized carbons (Fsp3) is 0.632. The molecule has 1 aromatic rings. The maximum Gasteiger partial charge on any atom is 0.260 e. The zero-order valence-corrected chi connectivity index (χ0v) is 15.5. The van der Waals surface area contributed by atoms with Crippen molar-refractivity contribution in [2.75, 3.05) is 46.3 Å². The highest BCUT2D eigenvalue weighted by molar-refractivity contribution is 5.80. The number of piperazine rings is 1. The average Bonchev–Trinajstić information content (AvgIpc) is 2.56. The summed E-state index contributed by atoms with van der Waals surface area (Å²) in [5.41, 5.74) is 2.19. The minimum Gasteiger partial charge on any atom is -0.481 e. The van der Waals surface area contributed by atoms with Crippen molar-refractivity contribution < 1.29 is 9.53 Å². The van der Waals surface area contributed by atoms with E-state index in [4.69, 9.17) is 4.74 Å². The summed E-state index contributed by atoms with van der Waals surface area (Å²) in [4.78, 5) is 17.0. The molecular formula is C19H31N3O2. The summed E-state index contributed by atoms with van der Waals surface area (Å²) in [7, 11) is 2.16. The quantitative estimate of drug-likeness (QED) is 0.773. The summed E-state index contributed by atoms with van der Waals surface area (Å²) in [5.74, 6) is 0.740. The zero-order valence-electron chi connectivity index (χ0n) is 15.5. The number of hydrogen-bond donors (Lipinski definition) is 1.